The van der Waals surface area contributed by atoms with Gasteiger partial charge in [0.1, 0.15) is 24.1 Å². The Labute approximate surface area is 240 Å². The highest BCUT2D eigenvalue weighted by Crippen LogP contribution is 2.33. The number of ether oxygens (including phenoxy) is 1. The summed E-state index contributed by atoms with van der Waals surface area (Å²) >= 11 is 0. The van der Waals surface area contributed by atoms with E-state index in [1.54, 1.807) is 37.3 Å². The number of nitro groups is 1. The summed E-state index contributed by atoms with van der Waals surface area (Å²) in [5.74, 6) is -2.28. The summed E-state index contributed by atoms with van der Waals surface area (Å²) in [5.41, 5.74) is 0.861. The highest BCUT2D eigenvalue weighted by Gasteiger charge is 2.58. The fraction of sp³-hybridized carbons (Fsp3) is 0.259. The lowest BCUT2D eigenvalue weighted by Crippen LogP contribution is -2.74. The van der Waals surface area contributed by atoms with Gasteiger partial charge >= 0.3 is 5.97 Å². The molecular weight excluding hydrogens is 570 g/mol. The number of anilines is 1. The first-order chi connectivity index (χ1) is 19.9. The van der Waals surface area contributed by atoms with Gasteiger partial charge in [0.15, 0.2) is 11.2 Å². The highest BCUT2D eigenvalue weighted by atomic mass is 32.2. The second kappa shape index (κ2) is 12.2. The Kier molecular flexibility index (Phi) is 8.70. The number of esters is 1. The number of nitrogens with one attached hydrogen (secondary N) is 2. The molecule has 220 valence electrons. The van der Waals surface area contributed by atoms with Crippen molar-refractivity contribution in [1.82, 2.24) is 15.4 Å². The smallest absolute Gasteiger partial charge is 0.355 e. The van der Waals surface area contributed by atoms with Crippen molar-refractivity contribution in [3.63, 3.8) is 0 Å². The standard InChI is InChI=1S/C27H27N5O9S/c1-16(2)24(27(35)40-15-19-9-11-20(12-10-19)32(36)37)31-25(34)23(28-22(33)14-18-7-5-4-6-8-18)26(31)42(38,39)30-21-13-17(3)41-29-21/h4-13,23,26H,14-15H2,1-3H3,(H,28,33)(H,29,30)/t23-,26-/m1/s1. The molecule has 3 aromatic rings. The molecule has 14 nitrogen and oxygen atoms in total. The predicted molar refractivity (Wildman–Crippen MR) is 148 cm³/mol. The van der Waals surface area contributed by atoms with Crippen molar-refractivity contribution in [3.05, 3.63) is 98.9 Å². The predicted octanol–water partition coefficient (Wildman–Crippen LogP) is 2.57. The van der Waals surface area contributed by atoms with Gasteiger partial charge in [0.05, 0.1) is 11.3 Å². The van der Waals surface area contributed by atoms with Gasteiger partial charge in [0.25, 0.3) is 21.6 Å². The number of likely N-dealkylation sites (tertiary alicyclic amines) is 1. The van der Waals surface area contributed by atoms with Crippen LogP contribution < -0.4 is 10.0 Å². The summed E-state index contributed by atoms with van der Waals surface area (Å²) in [5, 5.41) is 15.2. The third-order valence-corrected chi connectivity index (χ3v) is 7.80. The van der Waals surface area contributed by atoms with Gasteiger partial charge in [-0.1, -0.05) is 35.5 Å². The van der Waals surface area contributed by atoms with Crippen LogP contribution in [0.15, 0.2) is 76.5 Å². The number of carbonyl (C=O) groups is 3. The molecule has 2 amide bonds. The molecule has 4 rings (SSSR count). The number of nitrogens with zero attached hydrogens (tertiary/aromatic N) is 3. The van der Waals surface area contributed by atoms with E-state index in [0.717, 1.165) is 4.90 Å². The number of hydrogen-bond donors (Lipinski definition) is 2. The molecule has 1 saturated heterocycles. The summed E-state index contributed by atoms with van der Waals surface area (Å²) in [7, 11) is -4.49. The number of amides is 2. The van der Waals surface area contributed by atoms with Gasteiger partial charge in [-0.15, -0.1) is 0 Å². The van der Waals surface area contributed by atoms with Gasteiger partial charge in [-0.25, -0.2) is 13.2 Å². The van der Waals surface area contributed by atoms with Crippen molar-refractivity contribution in [1.29, 1.82) is 0 Å². The number of non-ortho nitro benzene ring substituents is 1. The Morgan fingerprint density at radius 2 is 1.76 bits per heavy atom. The second-order valence-corrected chi connectivity index (χ2v) is 11.4. The zero-order valence-corrected chi connectivity index (χ0v) is 23.6. The minimum atomic E-state index is -4.49. The molecule has 0 unspecified atom stereocenters. The average molecular weight is 598 g/mol. The molecule has 0 saturated carbocycles. The number of rotatable bonds is 11. The van der Waals surface area contributed by atoms with Crippen LogP contribution in [0.2, 0.25) is 0 Å². The molecule has 2 aromatic carbocycles. The normalized spacial score (nSPS) is 16.3. The number of allylic oxidation sites excluding steroid dienone is 1. The van der Waals surface area contributed by atoms with E-state index in [-0.39, 0.29) is 35.8 Å². The van der Waals surface area contributed by atoms with Gasteiger partial charge in [0.2, 0.25) is 5.91 Å². The number of β-lactam (4-membered cyclic amide) rings is 1. The quantitative estimate of drug-likeness (QED) is 0.109. The van der Waals surface area contributed by atoms with Crippen LogP contribution in [0, 0.1) is 17.0 Å². The number of nitro benzene ring substituents is 1. The third-order valence-electron chi connectivity index (χ3n) is 6.18. The third kappa shape index (κ3) is 6.63. The molecule has 2 heterocycles. The topological polar surface area (TPSA) is 191 Å². The number of benzene rings is 2. The van der Waals surface area contributed by atoms with Crippen LogP contribution in [0.5, 0.6) is 0 Å². The van der Waals surface area contributed by atoms with Crippen LogP contribution in [0.1, 0.15) is 30.7 Å². The van der Waals surface area contributed by atoms with Crippen molar-refractivity contribution in [2.24, 2.45) is 0 Å². The monoisotopic (exact) mass is 597 g/mol. The molecule has 15 heteroatoms. The molecule has 1 aromatic heterocycles. The number of carbonyl (C=O) groups excluding carboxylic acids is 3. The van der Waals surface area contributed by atoms with Crippen molar-refractivity contribution in [2.75, 3.05) is 4.72 Å². The Morgan fingerprint density at radius 1 is 1.10 bits per heavy atom. The number of hydrogen-bond acceptors (Lipinski definition) is 10. The number of aromatic nitrogens is 1. The van der Waals surface area contributed by atoms with E-state index in [1.807, 2.05) is 0 Å². The summed E-state index contributed by atoms with van der Waals surface area (Å²) in [6, 6.07) is 13.7. The fourth-order valence-electron chi connectivity index (χ4n) is 4.25. The summed E-state index contributed by atoms with van der Waals surface area (Å²) < 4.78 is 39.6. The molecule has 1 aliphatic heterocycles. The zero-order chi connectivity index (χ0) is 30.6. The second-order valence-electron chi connectivity index (χ2n) is 9.62. The van der Waals surface area contributed by atoms with E-state index in [0.29, 0.717) is 16.9 Å². The lowest BCUT2D eigenvalue weighted by molar-refractivity contribution is -0.384. The minimum absolute atomic E-state index is 0.111. The van der Waals surface area contributed by atoms with Crippen LogP contribution >= 0.6 is 0 Å². The molecule has 0 spiro atoms. The Balaban J connectivity index is 1.58. The van der Waals surface area contributed by atoms with Crippen molar-refractivity contribution in [3.8, 4) is 0 Å². The molecule has 0 aliphatic carbocycles. The van der Waals surface area contributed by atoms with E-state index >= 15 is 0 Å². The van der Waals surface area contributed by atoms with Crippen molar-refractivity contribution < 1.29 is 37.0 Å². The Hall–Kier alpha value is -5.05. The number of aryl methyl sites for hydroxylation is 1. The van der Waals surface area contributed by atoms with E-state index in [1.165, 1.54) is 44.2 Å². The fourth-order valence-corrected chi connectivity index (χ4v) is 5.79. The van der Waals surface area contributed by atoms with E-state index < -0.39 is 44.1 Å². The first-order valence-corrected chi connectivity index (χ1v) is 14.1. The largest absolute Gasteiger partial charge is 0.456 e. The summed E-state index contributed by atoms with van der Waals surface area (Å²) in [6.45, 7) is 4.24. The van der Waals surface area contributed by atoms with Crippen LogP contribution in [-0.4, -0.2) is 52.6 Å². The van der Waals surface area contributed by atoms with E-state index in [2.05, 4.69) is 15.2 Å². The SMILES string of the molecule is CC(C)=C(C(=O)OCc1ccc([N+](=O)[O-])cc1)N1C(=O)[C@@H](NC(=O)Cc2ccccc2)[C@H]1S(=O)(=O)Nc1cc(C)on1. The van der Waals surface area contributed by atoms with Gasteiger partial charge < -0.3 is 14.6 Å². The summed E-state index contributed by atoms with van der Waals surface area (Å²) in [6.07, 6.45) is -0.111. The summed E-state index contributed by atoms with van der Waals surface area (Å²) in [4.78, 5) is 50.4. The van der Waals surface area contributed by atoms with Gasteiger partial charge in [-0.2, -0.15) is 0 Å². The van der Waals surface area contributed by atoms with Crippen LogP contribution in [-0.2, 0) is 42.2 Å². The molecule has 42 heavy (non-hydrogen) atoms. The zero-order valence-electron chi connectivity index (χ0n) is 22.8. The molecule has 0 radical (unpaired) electrons. The van der Waals surface area contributed by atoms with Gasteiger partial charge in [-0.05, 0) is 49.6 Å². The first kappa shape index (κ1) is 29.9. The molecule has 2 atom stereocenters. The van der Waals surface area contributed by atoms with Crippen molar-refractivity contribution in [2.45, 2.75) is 45.2 Å². The van der Waals surface area contributed by atoms with Crippen LogP contribution in [0.3, 0.4) is 0 Å². The molecule has 2 N–H and O–H groups in total. The molecule has 1 aliphatic rings. The van der Waals surface area contributed by atoms with Gasteiger partial charge in [0, 0.05) is 18.2 Å². The molecule has 0 bridgehead atoms. The number of sulfonamides is 1. The molecule has 1 fully saturated rings. The maximum atomic E-state index is 13.5. The average Bonchev–Trinajstić information content (AvgIpc) is 3.34. The maximum absolute atomic E-state index is 13.5. The molecular formula is C27H27N5O9S. The lowest BCUT2D eigenvalue weighted by Gasteiger charge is -2.46. The van der Waals surface area contributed by atoms with Crippen LogP contribution in [0.25, 0.3) is 0 Å². The van der Waals surface area contributed by atoms with Gasteiger partial charge in [-0.3, -0.25) is 29.3 Å². The Bertz CT molecular complexity index is 1650. The maximum Gasteiger partial charge on any atom is 0.355 e. The minimum Gasteiger partial charge on any atom is -0.456 e. The van der Waals surface area contributed by atoms with E-state index in [4.69, 9.17) is 9.26 Å². The van der Waals surface area contributed by atoms with E-state index in [9.17, 15) is 32.9 Å². The lowest BCUT2D eigenvalue weighted by atomic mass is 10.0. The van der Waals surface area contributed by atoms with Crippen LogP contribution in [0.4, 0.5) is 11.5 Å². The Morgan fingerprint density at radius 3 is 2.33 bits per heavy atom. The first-order valence-electron chi connectivity index (χ1n) is 12.6. The van der Waals surface area contributed by atoms with Crippen molar-refractivity contribution >= 4 is 39.3 Å². The highest BCUT2D eigenvalue weighted by molar-refractivity contribution is 7.93.